The van der Waals surface area contributed by atoms with Crippen LogP contribution in [0.25, 0.3) is 0 Å². The third-order valence-corrected chi connectivity index (χ3v) is 4.43. The van der Waals surface area contributed by atoms with E-state index in [1.165, 1.54) is 0 Å². The van der Waals surface area contributed by atoms with Gasteiger partial charge in [-0.25, -0.2) is 4.98 Å². The van der Waals surface area contributed by atoms with Crippen LogP contribution < -0.4 is 10.6 Å². The first-order chi connectivity index (χ1) is 9.47. The Morgan fingerprint density at radius 3 is 2.85 bits per heavy atom. The average Bonchev–Trinajstić information content (AvgIpc) is 2.41. The van der Waals surface area contributed by atoms with Gasteiger partial charge in [0.1, 0.15) is 5.15 Å². The monoisotopic (exact) mass is 325 g/mol. The summed E-state index contributed by atoms with van der Waals surface area (Å²) in [7, 11) is 0. The Balaban J connectivity index is 1.91. The lowest BCUT2D eigenvalue weighted by molar-refractivity contribution is -0.137. The summed E-state index contributed by atoms with van der Waals surface area (Å²) in [6.07, 6.45) is -3.62. The largest absolute Gasteiger partial charge is 0.417 e. The minimum Gasteiger partial charge on any atom is -0.314 e. The Bertz CT molecular complexity index is 450. The summed E-state index contributed by atoms with van der Waals surface area (Å²) in [4.78, 5) is 3.62. The minimum absolute atomic E-state index is 0.139. The molecular weight excluding hydrogens is 311 g/mol. The van der Waals surface area contributed by atoms with Gasteiger partial charge in [0.15, 0.2) is 0 Å². The number of nitrogens with zero attached hydrogens (tertiary/aromatic N) is 1. The Labute approximate surface area is 124 Å². The molecule has 0 aromatic carbocycles. The molecule has 1 saturated heterocycles. The summed E-state index contributed by atoms with van der Waals surface area (Å²) < 4.78 is 37.8. The molecule has 2 N–H and O–H groups in total. The molecule has 0 spiro atoms. The average molecular weight is 326 g/mol. The van der Waals surface area contributed by atoms with E-state index in [4.69, 9.17) is 11.6 Å². The smallest absolute Gasteiger partial charge is 0.314 e. The number of rotatable bonds is 4. The normalized spacial score (nSPS) is 20.1. The van der Waals surface area contributed by atoms with Crippen molar-refractivity contribution in [1.29, 1.82) is 0 Å². The molecule has 1 unspecified atom stereocenters. The second-order valence-corrected chi connectivity index (χ2v) is 5.93. The number of pyridine rings is 1. The van der Waals surface area contributed by atoms with Crippen molar-refractivity contribution in [2.75, 3.05) is 25.4 Å². The number of halogens is 4. The molecule has 0 aliphatic carbocycles. The van der Waals surface area contributed by atoms with Crippen molar-refractivity contribution in [2.24, 2.45) is 0 Å². The Kier molecular flexibility index (Phi) is 5.54. The van der Waals surface area contributed by atoms with Gasteiger partial charge < -0.3 is 10.6 Å². The highest BCUT2D eigenvalue weighted by atomic mass is 35.5. The van der Waals surface area contributed by atoms with Gasteiger partial charge in [-0.15, -0.1) is 0 Å². The Hall–Kier alpha value is -0.500. The summed E-state index contributed by atoms with van der Waals surface area (Å²) >= 11 is 7.40. The molecule has 3 nitrogen and oxygen atoms in total. The van der Waals surface area contributed by atoms with Crippen molar-refractivity contribution in [2.45, 2.75) is 18.0 Å². The van der Waals surface area contributed by atoms with Gasteiger partial charge in [-0.1, -0.05) is 11.6 Å². The van der Waals surface area contributed by atoms with E-state index in [1.807, 2.05) is 0 Å². The summed E-state index contributed by atoms with van der Waals surface area (Å²) in [6.45, 7) is 2.74. The number of hydrogen-bond donors (Lipinski definition) is 2. The number of thioether (sulfide) groups is 1. The van der Waals surface area contributed by atoms with Gasteiger partial charge in [-0.2, -0.15) is 24.9 Å². The van der Waals surface area contributed by atoms with Crippen molar-refractivity contribution in [3.63, 3.8) is 0 Å². The molecule has 0 radical (unpaired) electrons. The second-order valence-electron chi connectivity index (χ2n) is 4.54. The van der Waals surface area contributed by atoms with Gasteiger partial charge >= 0.3 is 6.18 Å². The molecule has 1 aromatic heterocycles. The van der Waals surface area contributed by atoms with Crippen LogP contribution in [0.1, 0.15) is 11.1 Å². The number of hydrogen-bond acceptors (Lipinski definition) is 4. The first kappa shape index (κ1) is 15.9. The van der Waals surface area contributed by atoms with E-state index < -0.39 is 11.7 Å². The van der Waals surface area contributed by atoms with Crippen LogP contribution in [0.5, 0.6) is 0 Å². The van der Waals surface area contributed by atoms with Crippen molar-refractivity contribution < 1.29 is 13.2 Å². The minimum atomic E-state index is -4.38. The van der Waals surface area contributed by atoms with Crippen molar-refractivity contribution in [3.8, 4) is 0 Å². The first-order valence-electron chi connectivity index (χ1n) is 6.20. The lowest BCUT2D eigenvalue weighted by atomic mass is 10.2. The lowest BCUT2D eigenvalue weighted by Crippen LogP contribution is -2.49. The van der Waals surface area contributed by atoms with E-state index in [0.29, 0.717) is 17.4 Å². The van der Waals surface area contributed by atoms with E-state index in [9.17, 15) is 13.2 Å². The summed E-state index contributed by atoms with van der Waals surface area (Å²) in [5.41, 5.74) is -0.329. The van der Waals surface area contributed by atoms with Gasteiger partial charge in [0.05, 0.1) is 5.56 Å². The Morgan fingerprint density at radius 1 is 1.40 bits per heavy atom. The van der Waals surface area contributed by atoms with Gasteiger partial charge in [0, 0.05) is 43.4 Å². The molecule has 8 heteroatoms. The molecule has 1 atom stereocenters. The SMILES string of the molecule is FC(F)(F)c1cnc(Cl)c(CSCC2CNCCN2)c1. The third kappa shape index (κ3) is 4.51. The maximum Gasteiger partial charge on any atom is 0.417 e. The number of piperazine rings is 1. The molecule has 0 amide bonds. The molecule has 0 saturated carbocycles. The topological polar surface area (TPSA) is 37.0 Å². The fourth-order valence-corrected chi connectivity index (χ4v) is 3.22. The van der Waals surface area contributed by atoms with Crippen LogP contribution in [-0.2, 0) is 11.9 Å². The molecule has 20 heavy (non-hydrogen) atoms. The molecule has 1 fully saturated rings. The van der Waals surface area contributed by atoms with Crippen LogP contribution in [0.15, 0.2) is 12.3 Å². The van der Waals surface area contributed by atoms with Crippen LogP contribution in [0, 0.1) is 0 Å². The van der Waals surface area contributed by atoms with Crippen molar-refractivity contribution in [1.82, 2.24) is 15.6 Å². The fraction of sp³-hybridized carbons (Fsp3) is 0.583. The van der Waals surface area contributed by atoms with Crippen LogP contribution in [-0.4, -0.2) is 36.4 Å². The maximum absolute atomic E-state index is 12.6. The highest BCUT2D eigenvalue weighted by Crippen LogP contribution is 2.31. The molecule has 0 bridgehead atoms. The predicted octanol–water partition coefficient (Wildman–Crippen LogP) is 2.55. The van der Waals surface area contributed by atoms with Crippen LogP contribution in [0.4, 0.5) is 13.2 Å². The number of aromatic nitrogens is 1. The van der Waals surface area contributed by atoms with E-state index in [-0.39, 0.29) is 5.15 Å². The van der Waals surface area contributed by atoms with Gasteiger partial charge in [-0.05, 0) is 11.6 Å². The van der Waals surface area contributed by atoms with Crippen molar-refractivity contribution in [3.05, 3.63) is 28.5 Å². The van der Waals surface area contributed by atoms with Gasteiger partial charge in [-0.3, -0.25) is 0 Å². The fourth-order valence-electron chi connectivity index (χ4n) is 1.89. The number of nitrogens with one attached hydrogen (secondary N) is 2. The molecule has 2 heterocycles. The zero-order chi connectivity index (χ0) is 14.6. The number of alkyl halides is 3. The summed E-state index contributed by atoms with van der Waals surface area (Å²) in [5, 5.41) is 6.74. The van der Waals surface area contributed by atoms with Crippen LogP contribution in [0.3, 0.4) is 0 Å². The predicted molar refractivity (Wildman–Crippen MR) is 75.1 cm³/mol. The molecule has 2 rings (SSSR count). The zero-order valence-electron chi connectivity index (χ0n) is 10.6. The van der Waals surface area contributed by atoms with Crippen LogP contribution in [0.2, 0.25) is 5.15 Å². The summed E-state index contributed by atoms with van der Waals surface area (Å²) in [6, 6.07) is 1.42. The zero-order valence-corrected chi connectivity index (χ0v) is 12.2. The Morgan fingerprint density at radius 2 is 2.20 bits per heavy atom. The van der Waals surface area contributed by atoms with E-state index in [2.05, 4.69) is 15.6 Å². The van der Waals surface area contributed by atoms with E-state index in [0.717, 1.165) is 37.7 Å². The standard InChI is InChI=1S/C12H15ClF3N3S/c13-11-8(3-9(4-19-11)12(14,15)16)6-20-7-10-5-17-1-2-18-10/h3-4,10,17-18H,1-2,5-7H2. The van der Waals surface area contributed by atoms with E-state index >= 15 is 0 Å². The first-order valence-corrected chi connectivity index (χ1v) is 7.73. The van der Waals surface area contributed by atoms with Crippen molar-refractivity contribution >= 4 is 23.4 Å². The molecule has 1 aromatic rings. The maximum atomic E-state index is 12.6. The lowest BCUT2D eigenvalue weighted by Gasteiger charge is -2.24. The third-order valence-electron chi connectivity index (χ3n) is 2.94. The van der Waals surface area contributed by atoms with E-state index in [1.54, 1.807) is 11.8 Å². The summed E-state index contributed by atoms with van der Waals surface area (Å²) in [5.74, 6) is 1.24. The van der Waals surface area contributed by atoms with Gasteiger partial charge in [0.2, 0.25) is 0 Å². The second kappa shape index (κ2) is 6.98. The van der Waals surface area contributed by atoms with Crippen LogP contribution >= 0.6 is 23.4 Å². The molecular formula is C12H15ClF3N3S. The quantitative estimate of drug-likeness (QED) is 0.834. The highest BCUT2D eigenvalue weighted by Gasteiger charge is 2.31. The highest BCUT2D eigenvalue weighted by molar-refractivity contribution is 7.98. The molecule has 1 aliphatic heterocycles. The van der Waals surface area contributed by atoms with Gasteiger partial charge in [0.25, 0.3) is 0 Å². The molecule has 112 valence electrons. The molecule has 1 aliphatic rings.